The third-order valence-electron chi connectivity index (χ3n) is 3.54. The standard InChI is InChI=1S/C17H19NO4/c1-3-18-15(13-5-4-6-14(11-13)22-2)9-7-12(17(18)21)8-10-16(19)20/h4-7,9,11H,3,8,10H2,1-2H3,(H,19,20). The first-order chi connectivity index (χ1) is 10.6. The van der Waals surface area contributed by atoms with E-state index in [9.17, 15) is 9.59 Å². The first kappa shape index (κ1) is 15.8. The molecule has 0 saturated carbocycles. The van der Waals surface area contributed by atoms with Gasteiger partial charge in [0, 0.05) is 24.1 Å². The van der Waals surface area contributed by atoms with Crippen molar-refractivity contribution in [3.63, 3.8) is 0 Å². The minimum atomic E-state index is -0.903. The average molecular weight is 301 g/mol. The number of rotatable bonds is 6. The number of hydrogen-bond acceptors (Lipinski definition) is 3. The van der Waals surface area contributed by atoms with Gasteiger partial charge in [-0.3, -0.25) is 9.59 Å². The Morgan fingerprint density at radius 2 is 2.05 bits per heavy atom. The molecule has 0 spiro atoms. The van der Waals surface area contributed by atoms with Crippen LogP contribution in [-0.4, -0.2) is 22.8 Å². The van der Waals surface area contributed by atoms with Gasteiger partial charge in [-0.25, -0.2) is 0 Å². The van der Waals surface area contributed by atoms with E-state index in [1.54, 1.807) is 17.7 Å². The normalized spacial score (nSPS) is 10.5. The molecule has 0 aliphatic rings. The SMILES string of the molecule is CCn1c(-c2cccc(OC)c2)ccc(CCC(=O)O)c1=O. The Morgan fingerprint density at radius 1 is 1.27 bits per heavy atom. The van der Waals surface area contributed by atoms with Crippen molar-refractivity contribution in [2.45, 2.75) is 26.3 Å². The Hall–Kier alpha value is -2.56. The number of pyridine rings is 1. The van der Waals surface area contributed by atoms with Gasteiger partial charge in [0.05, 0.1) is 12.8 Å². The molecule has 0 amide bonds. The van der Waals surface area contributed by atoms with Gasteiger partial charge in [-0.15, -0.1) is 0 Å². The minimum Gasteiger partial charge on any atom is -0.497 e. The number of carboxylic acid groups (broad SMARTS) is 1. The average Bonchev–Trinajstić information content (AvgIpc) is 2.53. The second-order valence-electron chi connectivity index (χ2n) is 4.92. The van der Waals surface area contributed by atoms with Crippen molar-refractivity contribution in [1.29, 1.82) is 0 Å². The molecule has 5 nitrogen and oxygen atoms in total. The monoisotopic (exact) mass is 301 g/mol. The van der Waals surface area contributed by atoms with E-state index < -0.39 is 5.97 Å². The molecule has 2 rings (SSSR count). The van der Waals surface area contributed by atoms with Gasteiger partial charge < -0.3 is 14.4 Å². The zero-order valence-electron chi connectivity index (χ0n) is 12.7. The quantitative estimate of drug-likeness (QED) is 0.890. The van der Waals surface area contributed by atoms with Gasteiger partial charge in [0.1, 0.15) is 5.75 Å². The summed E-state index contributed by atoms with van der Waals surface area (Å²) in [5.41, 5.74) is 2.08. The summed E-state index contributed by atoms with van der Waals surface area (Å²) in [6, 6.07) is 11.1. The molecule has 116 valence electrons. The van der Waals surface area contributed by atoms with Gasteiger partial charge in [-0.05, 0) is 31.5 Å². The molecule has 1 N–H and O–H groups in total. The van der Waals surface area contributed by atoms with Crippen molar-refractivity contribution in [2.24, 2.45) is 0 Å². The molecule has 0 radical (unpaired) electrons. The molecule has 5 heteroatoms. The van der Waals surface area contributed by atoms with Crippen LogP contribution in [0.5, 0.6) is 5.75 Å². The summed E-state index contributed by atoms with van der Waals surface area (Å²) >= 11 is 0. The van der Waals surface area contributed by atoms with Crippen LogP contribution in [0.15, 0.2) is 41.2 Å². The smallest absolute Gasteiger partial charge is 0.303 e. The number of carbonyl (C=O) groups is 1. The van der Waals surface area contributed by atoms with Gasteiger partial charge >= 0.3 is 5.97 Å². The Bertz CT molecular complexity index is 734. The zero-order valence-corrected chi connectivity index (χ0v) is 12.7. The number of methoxy groups -OCH3 is 1. The fourth-order valence-corrected chi connectivity index (χ4v) is 2.40. The lowest BCUT2D eigenvalue weighted by Gasteiger charge is -2.13. The minimum absolute atomic E-state index is 0.0442. The summed E-state index contributed by atoms with van der Waals surface area (Å²) < 4.78 is 6.87. The van der Waals surface area contributed by atoms with Crippen LogP contribution in [-0.2, 0) is 17.8 Å². The van der Waals surface area contributed by atoms with Crippen molar-refractivity contribution in [3.8, 4) is 17.0 Å². The number of aromatic nitrogens is 1. The molecular weight excluding hydrogens is 282 g/mol. The largest absolute Gasteiger partial charge is 0.497 e. The van der Waals surface area contributed by atoms with E-state index in [2.05, 4.69) is 0 Å². The highest BCUT2D eigenvalue weighted by atomic mass is 16.5. The fraction of sp³-hybridized carbons (Fsp3) is 0.294. The Morgan fingerprint density at radius 3 is 2.68 bits per heavy atom. The lowest BCUT2D eigenvalue weighted by Crippen LogP contribution is -2.24. The Balaban J connectivity index is 2.46. The van der Waals surface area contributed by atoms with Crippen molar-refractivity contribution >= 4 is 5.97 Å². The van der Waals surface area contributed by atoms with Crippen LogP contribution in [0.2, 0.25) is 0 Å². The first-order valence-electron chi connectivity index (χ1n) is 7.15. The summed E-state index contributed by atoms with van der Waals surface area (Å²) in [7, 11) is 1.60. The predicted molar refractivity (Wildman–Crippen MR) is 84.3 cm³/mol. The second-order valence-corrected chi connectivity index (χ2v) is 4.92. The zero-order chi connectivity index (χ0) is 16.1. The van der Waals surface area contributed by atoms with Gasteiger partial charge in [0.25, 0.3) is 5.56 Å². The molecule has 1 aromatic heterocycles. The lowest BCUT2D eigenvalue weighted by molar-refractivity contribution is -0.136. The Labute approximate surface area is 128 Å². The molecule has 0 aliphatic heterocycles. The number of hydrogen-bond donors (Lipinski definition) is 1. The number of ether oxygens (including phenoxy) is 1. The van der Waals surface area contributed by atoms with Crippen LogP contribution in [0.4, 0.5) is 0 Å². The third-order valence-corrected chi connectivity index (χ3v) is 3.54. The third kappa shape index (κ3) is 3.36. The van der Waals surface area contributed by atoms with E-state index in [0.29, 0.717) is 12.1 Å². The predicted octanol–water partition coefficient (Wildman–Crippen LogP) is 2.56. The van der Waals surface area contributed by atoms with Crippen molar-refractivity contribution in [1.82, 2.24) is 4.57 Å². The van der Waals surface area contributed by atoms with Crippen molar-refractivity contribution < 1.29 is 14.6 Å². The van der Waals surface area contributed by atoms with Crippen LogP contribution in [0.3, 0.4) is 0 Å². The molecule has 0 unspecified atom stereocenters. The highest BCUT2D eigenvalue weighted by molar-refractivity contribution is 5.67. The van der Waals surface area contributed by atoms with E-state index >= 15 is 0 Å². The summed E-state index contributed by atoms with van der Waals surface area (Å²) in [5.74, 6) is -0.179. The molecule has 0 atom stereocenters. The Kier molecular flexibility index (Phi) is 4.99. The molecule has 0 bridgehead atoms. The van der Waals surface area contributed by atoms with Gasteiger partial charge in [0.15, 0.2) is 0 Å². The maximum absolute atomic E-state index is 12.5. The first-order valence-corrected chi connectivity index (χ1v) is 7.15. The van der Waals surface area contributed by atoms with E-state index in [1.165, 1.54) is 0 Å². The highest BCUT2D eigenvalue weighted by Crippen LogP contribution is 2.23. The molecule has 2 aromatic rings. The van der Waals surface area contributed by atoms with Gasteiger partial charge in [-0.1, -0.05) is 18.2 Å². The van der Waals surface area contributed by atoms with Crippen LogP contribution < -0.4 is 10.3 Å². The van der Waals surface area contributed by atoms with Crippen molar-refractivity contribution in [3.05, 3.63) is 52.3 Å². The molecule has 22 heavy (non-hydrogen) atoms. The number of aliphatic carboxylic acids is 1. The number of aryl methyl sites for hydroxylation is 1. The maximum atomic E-state index is 12.5. The lowest BCUT2D eigenvalue weighted by atomic mass is 10.1. The molecular formula is C17H19NO4. The van der Waals surface area contributed by atoms with E-state index in [1.807, 2.05) is 37.3 Å². The van der Waals surface area contributed by atoms with Gasteiger partial charge in [0.2, 0.25) is 0 Å². The molecule has 1 aromatic carbocycles. The number of carboxylic acids is 1. The number of nitrogens with zero attached hydrogens (tertiary/aromatic N) is 1. The molecule has 0 saturated heterocycles. The van der Waals surface area contributed by atoms with Crippen LogP contribution in [0.1, 0.15) is 18.9 Å². The fourth-order valence-electron chi connectivity index (χ4n) is 2.40. The summed E-state index contributed by atoms with van der Waals surface area (Å²) in [6.07, 6.45) is 0.198. The summed E-state index contributed by atoms with van der Waals surface area (Å²) in [5, 5.41) is 8.76. The summed E-state index contributed by atoms with van der Waals surface area (Å²) in [4.78, 5) is 23.2. The van der Waals surface area contributed by atoms with Gasteiger partial charge in [-0.2, -0.15) is 0 Å². The second kappa shape index (κ2) is 6.93. The molecule has 0 fully saturated rings. The maximum Gasteiger partial charge on any atom is 0.303 e. The van der Waals surface area contributed by atoms with E-state index in [4.69, 9.17) is 9.84 Å². The number of benzene rings is 1. The topological polar surface area (TPSA) is 68.5 Å². The summed E-state index contributed by atoms with van der Waals surface area (Å²) in [6.45, 7) is 2.42. The van der Waals surface area contributed by atoms with Crippen molar-refractivity contribution in [2.75, 3.05) is 7.11 Å². The van der Waals surface area contributed by atoms with Crippen LogP contribution in [0, 0.1) is 0 Å². The van der Waals surface area contributed by atoms with E-state index in [0.717, 1.165) is 17.0 Å². The van der Waals surface area contributed by atoms with E-state index in [-0.39, 0.29) is 18.4 Å². The highest BCUT2D eigenvalue weighted by Gasteiger charge is 2.11. The van der Waals surface area contributed by atoms with Crippen LogP contribution in [0.25, 0.3) is 11.3 Å². The molecule has 0 aliphatic carbocycles. The molecule has 1 heterocycles. The van der Waals surface area contributed by atoms with Crippen LogP contribution >= 0.6 is 0 Å².